The van der Waals surface area contributed by atoms with E-state index in [2.05, 4.69) is 71.4 Å². The Morgan fingerprint density at radius 1 is 1.10 bits per heavy atom. The Bertz CT molecular complexity index is 614. The van der Waals surface area contributed by atoms with Crippen LogP contribution in [0.1, 0.15) is 33.9 Å². The lowest BCUT2D eigenvalue weighted by Gasteiger charge is -2.17. The molecule has 0 saturated heterocycles. The molecule has 0 aliphatic carbocycles. The average molecular weight is 445 g/mol. The molecule has 0 spiro atoms. The maximum atomic E-state index is 10.6. The highest BCUT2D eigenvalue weighted by molar-refractivity contribution is 14.1. The van der Waals surface area contributed by atoms with Gasteiger partial charge in [0.05, 0.1) is 6.10 Å². The van der Waals surface area contributed by atoms with Gasteiger partial charge in [0.1, 0.15) is 0 Å². The SMILES string of the molecule is Cc1cc(C)c(CC(O)c2cc(Br)ccc2I)c(C)c1. The van der Waals surface area contributed by atoms with Crippen molar-refractivity contribution in [1.29, 1.82) is 0 Å². The fraction of sp³-hybridized carbons (Fsp3) is 0.294. The molecule has 0 aromatic heterocycles. The monoisotopic (exact) mass is 444 g/mol. The van der Waals surface area contributed by atoms with Gasteiger partial charge < -0.3 is 5.11 Å². The van der Waals surface area contributed by atoms with E-state index in [0.29, 0.717) is 6.42 Å². The summed E-state index contributed by atoms with van der Waals surface area (Å²) in [6.45, 7) is 6.35. The Morgan fingerprint density at radius 2 is 1.70 bits per heavy atom. The van der Waals surface area contributed by atoms with E-state index in [1.165, 1.54) is 22.3 Å². The van der Waals surface area contributed by atoms with E-state index in [0.717, 1.165) is 13.6 Å². The highest BCUT2D eigenvalue weighted by Crippen LogP contribution is 2.28. The maximum absolute atomic E-state index is 10.6. The van der Waals surface area contributed by atoms with Crippen molar-refractivity contribution in [2.45, 2.75) is 33.3 Å². The van der Waals surface area contributed by atoms with Crippen molar-refractivity contribution in [3.63, 3.8) is 0 Å². The summed E-state index contributed by atoms with van der Waals surface area (Å²) < 4.78 is 2.10. The normalized spacial score (nSPS) is 12.5. The molecule has 20 heavy (non-hydrogen) atoms. The number of rotatable bonds is 3. The molecular formula is C17H18BrIO. The standard InChI is InChI=1S/C17H18BrIO/c1-10-6-11(2)14(12(3)7-10)9-17(20)15-8-13(18)4-5-16(15)19/h4-8,17,20H,9H2,1-3H3. The van der Waals surface area contributed by atoms with Gasteiger partial charge in [0, 0.05) is 14.5 Å². The molecule has 3 heteroatoms. The summed E-state index contributed by atoms with van der Waals surface area (Å²) in [6, 6.07) is 10.4. The van der Waals surface area contributed by atoms with E-state index in [4.69, 9.17) is 0 Å². The smallest absolute Gasteiger partial charge is 0.0841 e. The molecule has 2 rings (SSSR count). The van der Waals surface area contributed by atoms with Gasteiger partial charge in [0.25, 0.3) is 0 Å². The Balaban J connectivity index is 2.32. The van der Waals surface area contributed by atoms with Crippen molar-refractivity contribution in [2.24, 2.45) is 0 Å². The van der Waals surface area contributed by atoms with E-state index in [9.17, 15) is 5.11 Å². The van der Waals surface area contributed by atoms with Crippen LogP contribution >= 0.6 is 38.5 Å². The molecule has 106 valence electrons. The highest BCUT2D eigenvalue weighted by atomic mass is 127. The van der Waals surface area contributed by atoms with Crippen molar-refractivity contribution in [2.75, 3.05) is 0 Å². The molecule has 2 aromatic rings. The fourth-order valence-electron chi connectivity index (χ4n) is 2.61. The Morgan fingerprint density at radius 3 is 2.30 bits per heavy atom. The van der Waals surface area contributed by atoms with Gasteiger partial charge in [0.15, 0.2) is 0 Å². The predicted octanol–water partition coefficient (Wildman–Crippen LogP) is 5.26. The molecule has 0 bridgehead atoms. The van der Waals surface area contributed by atoms with Crippen LogP contribution in [0.4, 0.5) is 0 Å². The van der Waals surface area contributed by atoms with Crippen LogP contribution in [0.3, 0.4) is 0 Å². The molecule has 0 fully saturated rings. The quantitative estimate of drug-likeness (QED) is 0.640. The molecule has 0 amide bonds. The summed E-state index contributed by atoms with van der Waals surface area (Å²) in [5.41, 5.74) is 6.02. The lowest BCUT2D eigenvalue weighted by Crippen LogP contribution is -2.07. The minimum atomic E-state index is -0.473. The minimum absolute atomic E-state index is 0.473. The third-order valence-corrected chi connectivity index (χ3v) is 5.03. The lowest BCUT2D eigenvalue weighted by atomic mass is 9.93. The second-order valence-electron chi connectivity index (χ2n) is 5.26. The minimum Gasteiger partial charge on any atom is -0.388 e. The van der Waals surface area contributed by atoms with Gasteiger partial charge in [-0.05, 0) is 83.8 Å². The van der Waals surface area contributed by atoms with E-state index in [-0.39, 0.29) is 0 Å². The van der Waals surface area contributed by atoms with Crippen molar-refractivity contribution in [3.05, 3.63) is 66.2 Å². The molecule has 1 N–H and O–H groups in total. The molecular weight excluding hydrogens is 427 g/mol. The van der Waals surface area contributed by atoms with Crippen molar-refractivity contribution >= 4 is 38.5 Å². The van der Waals surface area contributed by atoms with Gasteiger partial charge in [0.2, 0.25) is 0 Å². The first kappa shape index (κ1) is 16.0. The summed E-state index contributed by atoms with van der Waals surface area (Å²) in [5.74, 6) is 0. The summed E-state index contributed by atoms with van der Waals surface area (Å²) in [4.78, 5) is 0. The number of aliphatic hydroxyl groups excluding tert-OH is 1. The number of aryl methyl sites for hydroxylation is 3. The van der Waals surface area contributed by atoms with E-state index in [1.54, 1.807) is 0 Å². The Hall–Kier alpha value is -0.390. The zero-order valence-electron chi connectivity index (χ0n) is 11.9. The number of benzene rings is 2. The predicted molar refractivity (Wildman–Crippen MR) is 96.2 cm³/mol. The molecule has 0 radical (unpaired) electrons. The number of hydrogen-bond acceptors (Lipinski definition) is 1. The van der Waals surface area contributed by atoms with Crippen molar-refractivity contribution in [1.82, 2.24) is 0 Å². The van der Waals surface area contributed by atoms with Crippen LogP contribution in [-0.2, 0) is 6.42 Å². The third-order valence-electron chi connectivity index (χ3n) is 3.55. The Labute approximate surface area is 142 Å². The van der Waals surface area contributed by atoms with Crippen LogP contribution in [0.15, 0.2) is 34.8 Å². The van der Waals surface area contributed by atoms with Crippen molar-refractivity contribution in [3.8, 4) is 0 Å². The van der Waals surface area contributed by atoms with Crippen LogP contribution in [0.25, 0.3) is 0 Å². The van der Waals surface area contributed by atoms with Crippen LogP contribution in [0, 0.1) is 24.3 Å². The van der Waals surface area contributed by atoms with Crippen LogP contribution in [0.2, 0.25) is 0 Å². The zero-order chi connectivity index (χ0) is 14.9. The van der Waals surface area contributed by atoms with Crippen LogP contribution in [-0.4, -0.2) is 5.11 Å². The molecule has 1 atom stereocenters. The summed E-state index contributed by atoms with van der Waals surface area (Å²) in [7, 11) is 0. The van der Waals surface area contributed by atoms with Crippen LogP contribution < -0.4 is 0 Å². The van der Waals surface area contributed by atoms with E-state index < -0.39 is 6.10 Å². The molecule has 1 unspecified atom stereocenters. The summed E-state index contributed by atoms with van der Waals surface area (Å²) in [5, 5.41) is 10.6. The summed E-state index contributed by atoms with van der Waals surface area (Å²) >= 11 is 5.75. The third kappa shape index (κ3) is 3.62. The van der Waals surface area contributed by atoms with Crippen LogP contribution in [0.5, 0.6) is 0 Å². The first-order chi connectivity index (χ1) is 9.38. The largest absolute Gasteiger partial charge is 0.388 e. The average Bonchev–Trinajstić information content (AvgIpc) is 2.36. The second kappa shape index (κ2) is 6.58. The van der Waals surface area contributed by atoms with Gasteiger partial charge in [-0.25, -0.2) is 0 Å². The van der Waals surface area contributed by atoms with Crippen molar-refractivity contribution < 1.29 is 5.11 Å². The highest BCUT2D eigenvalue weighted by Gasteiger charge is 2.15. The number of hydrogen-bond donors (Lipinski definition) is 1. The maximum Gasteiger partial charge on any atom is 0.0841 e. The number of aliphatic hydroxyl groups is 1. The van der Waals surface area contributed by atoms with E-state index in [1.807, 2.05) is 18.2 Å². The fourth-order valence-corrected chi connectivity index (χ4v) is 3.68. The lowest BCUT2D eigenvalue weighted by molar-refractivity contribution is 0.177. The van der Waals surface area contributed by atoms with Gasteiger partial charge in [-0.2, -0.15) is 0 Å². The number of halogens is 2. The van der Waals surface area contributed by atoms with E-state index >= 15 is 0 Å². The zero-order valence-corrected chi connectivity index (χ0v) is 15.6. The first-order valence-corrected chi connectivity index (χ1v) is 8.45. The molecule has 1 nitrogen and oxygen atoms in total. The van der Waals surface area contributed by atoms with Gasteiger partial charge in [-0.15, -0.1) is 0 Å². The molecule has 0 heterocycles. The second-order valence-corrected chi connectivity index (χ2v) is 7.34. The Kier molecular flexibility index (Phi) is 5.26. The summed E-state index contributed by atoms with van der Waals surface area (Å²) in [6.07, 6.45) is 0.184. The van der Waals surface area contributed by atoms with Gasteiger partial charge in [-0.1, -0.05) is 33.6 Å². The topological polar surface area (TPSA) is 20.2 Å². The molecule has 2 aromatic carbocycles. The van der Waals surface area contributed by atoms with Gasteiger partial charge >= 0.3 is 0 Å². The van der Waals surface area contributed by atoms with Gasteiger partial charge in [-0.3, -0.25) is 0 Å². The molecule has 0 aliphatic rings. The molecule has 0 aliphatic heterocycles. The first-order valence-electron chi connectivity index (χ1n) is 6.58. The molecule has 0 saturated carbocycles.